The van der Waals surface area contributed by atoms with Crippen LogP contribution in [0.3, 0.4) is 0 Å². The van der Waals surface area contributed by atoms with Crippen molar-refractivity contribution >= 4 is 21.9 Å². The molecule has 0 atom stereocenters. The molecule has 0 amide bonds. The van der Waals surface area contributed by atoms with Crippen molar-refractivity contribution in [2.75, 3.05) is 0 Å². The second kappa shape index (κ2) is 3.42. The van der Waals surface area contributed by atoms with Crippen LogP contribution < -0.4 is 5.49 Å². The molecule has 0 spiro atoms. The number of pyridine rings is 1. The van der Waals surface area contributed by atoms with Gasteiger partial charge in [0.25, 0.3) is 0 Å². The van der Waals surface area contributed by atoms with Gasteiger partial charge in [-0.3, -0.25) is 5.41 Å². The third kappa shape index (κ3) is 1.37. The minimum Gasteiger partial charge on any atom is -0.339 e. The van der Waals surface area contributed by atoms with Crippen molar-refractivity contribution in [3.63, 3.8) is 0 Å². The summed E-state index contributed by atoms with van der Waals surface area (Å²) in [5.41, 5.74) is 1.91. The molecule has 80 valence electrons. The van der Waals surface area contributed by atoms with Gasteiger partial charge in [0, 0.05) is 16.3 Å². The van der Waals surface area contributed by atoms with E-state index in [4.69, 9.17) is 10.7 Å². The molecule has 0 aliphatic carbocycles. The van der Waals surface area contributed by atoms with Crippen LogP contribution in [0, 0.1) is 16.7 Å². The fourth-order valence-electron chi connectivity index (χ4n) is 1.92. The van der Waals surface area contributed by atoms with E-state index in [-0.39, 0.29) is 5.49 Å². The van der Waals surface area contributed by atoms with E-state index < -0.39 is 0 Å². The van der Waals surface area contributed by atoms with E-state index in [1.54, 1.807) is 6.07 Å². The van der Waals surface area contributed by atoms with Gasteiger partial charge in [0.15, 0.2) is 5.49 Å². The summed E-state index contributed by atoms with van der Waals surface area (Å²) in [7, 11) is 0. The Bertz CT molecular complexity index is 824. The predicted molar refractivity (Wildman–Crippen MR) is 64.2 cm³/mol. The van der Waals surface area contributed by atoms with Gasteiger partial charge in [-0.1, -0.05) is 24.3 Å². The van der Waals surface area contributed by atoms with Crippen molar-refractivity contribution in [2.45, 2.75) is 0 Å². The Morgan fingerprint density at radius 3 is 2.82 bits per heavy atom. The maximum absolute atomic E-state index is 8.92. The second-order valence-corrected chi connectivity index (χ2v) is 3.76. The van der Waals surface area contributed by atoms with Gasteiger partial charge < -0.3 is 4.98 Å². The average Bonchev–Trinajstić information content (AvgIpc) is 2.50. The fraction of sp³-hybridized carbons (Fsp3) is 0. The quantitative estimate of drug-likeness (QED) is 0.608. The van der Waals surface area contributed by atoms with E-state index in [1.807, 2.05) is 36.4 Å². The molecule has 3 aromatic rings. The lowest BCUT2D eigenvalue weighted by Gasteiger charge is -1.90. The lowest BCUT2D eigenvalue weighted by atomic mass is 10.2. The molecule has 0 saturated heterocycles. The highest BCUT2D eigenvalue weighted by Crippen LogP contribution is 2.22. The van der Waals surface area contributed by atoms with E-state index in [9.17, 15) is 0 Å². The van der Waals surface area contributed by atoms with Crippen LogP contribution in [-0.4, -0.2) is 9.97 Å². The van der Waals surface area contributed by atoms with Crippen molar-refractivity contribution in [1.29, 1.82) is 10.7 Å². The highest BCUT2D eigenvalue weighted by atomic mass is 14.9. The molecular formula is C13H8N4. The SMILES string of the molecule is N#Cc1cc2c(nc1=N)[nH]c1cccccc12. The normalized spacial score (nSPS) is 10.5. The summed E-state index contributed by atoms with van der Waals surface area (Å²) in [6.45, 7) is 0. The lowest BCUT2D eigenvalue weighted by molar-refractivity contribution is 1.10. The first kappa shape index (κ1) is 9.55. The highest BCUT2D eigenvalue weighted by molar-refractivity contribution is 6.05. The molecule has 0 radical (unpaired) electrons. The molecule has 0 unspecified atom stereocenters. The standard InChI is InChI=1S/C13H8N4/c14-7-8-6-10-9-4-2-1-3-5-11(9)16-13(10)17-12(8)15/h1-6H,(H2,15,16,17). The number of fused-ring (bicyclic) bond motifs is 3. The largest absolute Gasteiger partial charge is 0.339 e. The minimum absolute atomic E-state index is 0.0101. The molecule has 17 heavy (non-hydrogen) atoms. The van der Waals surface area contributed by atoms with Gasteiger partial charge in [0.1, 0.15) is 11.7 Å². The molecule has 4 heteroatoms. The fourth-order valence-corrected chi connectivity index (χ4v) is 1.92. The molecule has 1 aromatic carbocycles. The van der Waals surface area contributed by atoms with Crippen molar-refractivity contribution < 1.29 is 0 Å². The van der Waals surface area contributed by atoms with Crippen LogP contribution >= 0.6 is 0 Å². The van der Waals surface area contributed by atoms with Crippen LogP contribution in [0.25, 0.3) is 21.9 Å². The third-order valence-corrected chi connectivity index (χ3v) is 2.72. The van der Waals surface area contributed by atoms with Gasteiger partial charge >= 0.3 is 0 Å². The lowest BCUT2D eigenvalue weighted by Crippen LogP contribution is -2.09. The van der Waals surface area contributed by atoms with Gasteiger partial charge in [0.2, 0.25) is 0 Å². The van der Waals surface area contributed by atoms with Gasteiger partial charge in [-0.05, 0) is 12.1 Å². The van der Waals surface area contributed by atoms with Crippen molar-refractivity contribution in [2.24, 2.45) is 0 Å². The Balaban J connectivity index is 2.58. The number of nitrogens with one attached hydrogen (secondary N) is 2. The molecule has 0 fully saturated rings. The molecule has 0 bridgehead atoms. The molecule has 2 N–H and O–H groups in total. The summed E-state index contributed by atoms with van der Waals surface area (Å²) < 4.78 is 0. The van der Waals surface area contributed by atoms with Crippen LogP contribution in [0.4, 0.5) is 0 Å². The Morgan fingerprint density at radius 2 is 2.00 bits per heavy atom. The topological polar surface area (TPSA) is 76.3 Å². The molecule has 2 heterocycles. The van der Waals surface area contributed by atoms with Crippen LogP contribution in [0.2, 0.25) is 0 Å². The number of hydrogen-bond acceptors (Lipinski definition) is 3. The number of nitriles is 1. The molecule has 0 aliphatic rings. The van der Waals surface area contributed by atoms with Crippen LogP contribution in [0.5, 0.6) is 0 Å². The van der Waals surface area contributed by atoms with Gasteiger partial charge in [0.05, 0.1) is 5.56 Å². The summed E-state index contributed by atoms with van der Waals surface area (Å²) in [4.78, 5) is 7.24. The summed E-state index contributed by atoms with van der Waals surface area (Å²) >= 11 is 0. The Morgan fingerprint density at radius 1 is 1.18 bits per heavy atom. The first-order valence-electron chi connectivity index (χ1n) is 5.16. The van der Waals surface area contributed by atoms with Crippen LogP contribution in [-0.2, 0) is 0 Å². The number of aromatic amines is 1. The smallest absolute Gasteiger partial charge is 0.164 e. The zero-order chi connectivity index (χ0) is 11.8. The predicted octanol–water partition coefficient (Wildman–Crippen LogP) is 2.07. The zero-order valence-corrected chi connectivity index (χ0v) is 8.86. The molecule has 0 saturated carbocycles. The summed E-state index contributed by atoms with van der Waals surface area (Å²) in [5.74, 6) is 0. The summed E-state index contributed by atoms with van der Waals surface area (Å²) in [6.07, 6.45) is 0. The van der Waals surface area contributed by atoms with Gasteiger partial charge in [-0.25, -0.2) is 4.98 Å². The maximum Gasteiger partial charge on any atom is 0.164 e. The third-order valence-electron chi connectivity index (χ3n) is 2.72. The Labute approximate surface area is 96.7 Å². The van der Waals surface area contributed by atoms with Crippen LogP contribution in [0.1, 0.15) is 5.56 Å². The van der Waals surface area contributed by atoms with E-state index in [0.29, 0.717) is 11.2 Å². The van der Waals surface area contributed by atoms with E-state index in [1.165, 1.54) is 0 Å². The molecule has 3 rings (SSSR count). The van der Waals surface area contributed by atoms with E-state index in [2.05, 4.69) is 9.97 Å². The first-order chi connectivity index (χ1) is 8.29. The molecular weight excluding hydrogens is 212 g/mol. The number of nitrogens with zero attached hydrogens (tertiary/aromatic N) is 2. The number of aromatic nitrogens is 2. The van der Waals surface area contributed by atoms with E-state index >= 15 is 0 Å². The zero-order valence-electron chi connectivity index (χ0n) is 8.86. The van der Waals surface area contributed by atoms with Crippen molar-refractivity contribution in [3.8, 4) is 6.07 Å². The van der Waals surface area contributed by atoms with Crippen molar-refractivity contribution in [1.82, 2.24) is 9.97 Å². The Hall–Kier alpha value is -2.67. The molecule has 2 aromatic heterocycles. The van der Waals surface area contributed by atoms with Gasteiger partial charge in [-0.2, -0.15) is 5.26 Å². The van der Waals surface area contributed by atoms with Gasteiger partial charge in [-0.15, -0.1) is 0 Å². The number of rotatable bonds is 0. The Kier molecular flexibility index (Phi) is 1.92. The summed E-state index contributed by atoms with van der Waals surface area (Å²) in [5, 5.41) is 18.4. The average molecular weight is 220 g/mol. The number of hydrogen-bond donors (Lipinski definition) is 2. The summed E-state index contributed by atoms with van der Waals surface area (Å²) in [6, 6.07) is 13.4. The van der Waals surface area contributed by atoms with Crippen LogP contribution in [0.15, 0.2) is 36.4 Å². The number of H-pyrrole nitrogens is 1. The maximum atomic E-state index is 8.92. The van der Waals surface area contributed by atoms with Crippen molar-refractivity contribution in [3.05, 3.63) is 47.4 Å². The highest BCUT2D eigenvalue weighted by Gasteiger charge is 2.06. The second-order valence-electron chi connectivity index (χ2n) is 3.76. The first-order valence-corrected chi connectivity index (χ1v) is 5.16. The monoisotopic (exact) mass is 220 g/mol. The minimum atomic E-state index is 0.0101. The van der Waals surface area contributed by atoms with E-state index in [0.717, 1.165) is 16.3 Å². The molecule has 0 aliphatic heterocycles. The molecule has 4 nitrogen and oxygen atoms in total.